The second kappa shape index (κ2) is 18.9. The maximum atomic E-state index is 13.6. The van der Waals surface area contributed by atoms with Crippen LogP contribution in [0, 0.1) is 31.9 Å². The van der Waals surface area contributed by atoms with E-state index in [1.165, 1.54) is 35.9 Å². The highest BCUT2D eigenvalue weighted by Crippen LogP contribution is 2.45. The number of fused-ring (bicyclic) bond motifs is 6. The molecule has 312 valence electrons. The van der Waals surface area contributed by atoms with Crippen LogP contribution in [0.15, 0.2) is 91.0 Å². The van der Waals surface area contributed by atoms with Crippen molar-refractivity contribution in [3.8, 4) is 44.5 Å². The van der Waals surface area contributed by atoms with Gasteiger partial charge in [-0.3, -0.25) is 29.7 Å². The van der Waals surface area contributed by atoms with Gasteiger partial charge in [0.1, 0.15) is 11.6 Å². The molecule has 0 radical (unpaired) electrons. The zero-order chi connectivity index (χ0) is 44.0. The summed E-state index contributed by atoms with van der Waals surface area (Å²) in [6.07, 6.45) is 6.80. The first-order valence-corrected chi connectivity index (χ1v) is 20.0. The van der Waals surface area contributed by atoms with Crippen molar-refractivity contribution in [1.29, 1.82) is 0 Å². The lowest BCUT2D eigenvalue weighted by atomic mass is 9.86. The number of pyridine rings is 2. The third kappa shape index (κ3) is 9.41. The van der Waals surface area contributed by atoms with Crippen molar-refractivity contribution in [2.24, 2.45) is 0 Å². The molecule has 0 saturated carbocycles. The Balaban J connectivity index is 0.000000189. The molecular formula is C48H44F2N4O7. The van der Waals surface area contributed by atoms with E-state index in [4.69, 9.17) is 25.3 Å². The smallest absolute Gasteiger partial charge is 0.291 e. The van der Waals surface area contributed by atoms with E-state index in [1.54, 1.807) is 36.4 Å². The molecule has 0 unspecified atom stereocenters. The van der Waals surface area contributed by atoms with Crippen molar-refractivity contribution in [2.75, 3.05) is 0 Å². The summed E-state index contributed by atoms with van der Waals surface area (Å²) in [7, 11) is 0. The van der Waals surface area contributed by atoms with Crippen LogP contribution >= 0.6 is 0 Å². The maximum Gasteiger partial charge on any atom is 0.291 e. The lowest BCUT2D eigenvalue weighted by molar-refractivity contribution is -0.742. The number of aromatic nitrogens is 2. The molecule has 1 N–H and O–H groups in total. The van der Waals surface area contributed by atoms with Crippen molar-refractivity contribution in [3.63, 3.8) is 0 Å². The first-order chi connectivity index (χ1) is 29.2. The minimum atomic E-state index is -1.50. The fourth-order valence-electron chi connectivity index (χ4n) is 8.25. The Labute approximate surface area is 351 Å². The number of rotatable bonds is 7. The number of nitrogens with zero attached hydrogens (tertiary/aromatic N) is 4. The molecule has 6 aromatic rings. The number of nitro groups is 1. The Morgan fingerprint density at radius 3 is 1.46 bits per heavy atom. The average Bonchev–Trinajstić information content (AvgIpc) is 3.54. The largest absolute Gasteiger partial charge is 0.328 e. The molecule has 0 atom stereocenters. The third-order valence-corrected chi connectivity index (χ3v) is 10.8. The van der Waals surface area contributed by atoms with Crippen LogP contribution in [-0.4, -0.2) is 37.8 Å². The van der Waals surface area contributed by atoms with E-state index >= 15 is 0 Å². The van der Waals surface area contributed by atoms with Gasteiger partial charge in [-0.15, -0.1) is 10.1 Å². The predicted octanol–water partition coefficient (Wildman–Crippen LogP) is 11.5. The Morgan fingerprint density at radius 1 is 0.607 bits per heavy atom. The lowest BCUT2D eigenvalue weighted by Gasteiger charge is -2.21. The minimum absolute atomic E-state index is 0.0364. The lowest BCUT2D eigenvalue weighted by Crippen LogP contribution is -2.08. The van der Waals surface area contributed by atoms with Gasteiger partial charge in [0.25, 0.3) is 10.8 Å². The molecule has 0 saturated heterocycles. The van der Waals surface area contributed by atoms with Gasteiger partial charge < -0.3 is 5.21 Å². The van der Waals surface area contributed by atoms with Crippen LogP contribution in [-0.2, 0) is 25.7 Å². The van der Waals surface area contributed by atoms with Gasteiger partial charge in [0, 0.05) is 56.9 Å². The Morgan fingerprint density at radius 2 is 1.03 bits per heavy atom. The van der Waals surface area contributed by atoms with Crippen molar-refractivity contribution in [1.82, 2.24) is 9.97 Å². The van der Waals surface area contributed by atoms with E-state index in [0.717, 1.165) is 105 Å². The Kier molecular flexibility index (Phi) is 13.5. The molecule has 11 nitrogen and oxygen atoms in total. The average molecular weight is 827 g/mol. The van der Waals surface area contributed by atoms with Crippen LogP contribution in [0.5, 0.6) is 0 Å². The molecule has 2 aliphatic carbocycles. The summed E-state index contributed by atoms with van der Waals surface area (Å²) in [5.41, 5.74) is 13.7. The number of aldehydes is 2. The summed E-state index contributed by atoms with van der Waals surface area (Å²) in [5.74, 6) is -0.467. The monoisotopic (exact) mass is 826 g/mol. The van der Waals surface area contributed by atoms with Crippen LogP contribution in [0.25, 0.3) is 44.5 Å². The summed E-state index contributed by atoms with van der Waals surface area (Å²) in [6, 6.07) is 25.7. The standard InChI is InChI=1S/C24H21FN2O3.C24H22FNO.HNO3/c1-14(2)24-20(13-28)22(15-6-8-17(25)9-7-15)23-19-11-10-18(27(29)30)12-16(19)4-3-5-21(23)26-24;1-15(2)24-20(14-27)22(17-10-12-18(25)13-11-17)23-19-8-4-3-6-16(19)7-5-9-21(23)26-24;2-1(3)4/h6-14H,3-5H2,1-2H3;3-4,6,8,10-15H,5,7,9H2,1-2H3;(H,2,3,4). The zero-order valence-corrected chi connectivity index (χ0v) is 34.2. The fraction of sp³-hybridized carbons (Fsp3) is 0.250. The van der Waals surface area contributed by atoms with Crippen LogP contribution in [0.2, 0.25) is 0 Å². The molecule has 0 amide bonds. The van der Waals surface area contributed by atoms with Gasteiger partial charge in [-0.2, -0.15) is 0 Å². The number of aryl methyl sites for hydroxylation is 4. The molecule has 61 heavy (non-hydrogen) atoms. The van der Waals surface area contributed by atoms with E-state index in [0.29, 0.717) is 29.7 Å². The number of carbonyl (C=O) groups is 2. The molecule has 0 bridgehead atoms. The molecule has 0 aliphatic heterocycles. The molecule has 0 fully saturated rings. The van der Waals surface area contributed by atoms with E-state index < -0.39 is 10.0 Å². The number of hydrogen-bond donors (Lipinski definition) is 1. The third-order valence-electron chi connectivity index (χ3n) is 10.8. The Hall–Kier alpha value is -7.02. The number of nitro benzene ring substituents is 1. The Bertz CT molecular complexity index is 2620. The van der Waals surface area contributed by atoms with E-state index in [2.05, 4.69) is 32.0 Å². The fourth-order valence-corrected chi connectivity index (χ4v) is 8.25. The summed E-state index contributed by atoms with van der Waals surface area (Å²) in [4.78, 5) is 53.4. The molecule has 4 aromatic carbocycles. The molecule has 8 rings (SSSR count). The second-order valence-corrected chi connectivity index (χ2v) is 15.5. The summed E-state index contributed by atoms with van der Waals surface area (Å²) >= 11 is 0. The van der Waals surface area contributed by atoms with Crippen molar-refractivity contribution in [2.45, 2.75) is 78.1 Å². The number of hydrogen-bond acceptors (Lipinski definition) is 8. The number of halogens is 2. The molecule has 2 aromatic heterocycles. The van der Waals surface area contributed by atoms with E-state index in [1.807, 2.05) is 19.9 Å². The quantitative estimate of drug-likeness (QED) is 0.0936. The van der Waals surface area contributed by atoms with E-state index in [-0.39, 0.29) is 29.2 Å². The van der Waals surface area contributed by atoms with Crippen molar-refractivity contribution >= 4 is 18.3 Å². The highest BCUT2D eigenvalue weighted by atomic mass is 19.1. The van der Waals surface area contributed by atoms with Crippen molar-refractivity contribution in [3.05, 3.63) is 168 Å². The van der Waals surface area contributed by atoms with E-state index in [9.17, 15) is 28.5 Å². The number of non-ortho nitro benzene ring substituents is 1. The number of carbonyl (C=O) groups excluding carboxylic acids is 2. The zero-order valence-electron chi connectivity index (χ0n) is 34.2. The van der Waals surface area contributed by atoms with Gasteiger partial charge in [-0.1, -0.05) is 76.2 Å². The molecule has 13 heteroatoms. The van der Waals surface area contributed by atoms with Gasteiger partial charge in [0.2, 0.25) is 0 Å². The van der Waals surface area contributed by atoms with Gasteiger partial charge in [0.05, 0.1) is 16.3 Å². The van der Waals surface area contributed by atoms with Crippen LogP contribution in [0.3, 0.4) is 0 Å². The van der Waals surface area contributed by atoms with Crippen LogP contribution in [0.4, 0.5) is 14.5 Å². The van der Waals surface area contributed by atoms with Crippen LogP contribution < -0.4 is 0 Å². The van der Waals surface area contributed by atoms with Crippen molar-refractivity contribution < 1.29 is 33.6 Å². The van der Waals surface area contributed by atoms with Gasteiger partial charge in [-0.25, -0.2) is 8.78 Å². The topological polar surface area (TPSA) is 166 Å². The molecule has 2 aliphatic rings. The van der Waals surface area contributed by atoms with Crippen LogP contribution in [0.1, 0.15) is 107 Å². The second-order valence-electron chi connectivity index (χ2n) is 15.5. The van der Waals surface area contributed by atoms with Gasteiger partial charge in [0.15, 0.2) is 12.6 Å². The first kappa shape index (κ1) is 43.6. The molecular weight excluding hydrogens is 783 g/mol. The first-order valence-electron chi connectivity index (χ1n) is 20.0. The normalized spacial score (nSPS) is 12.5. The highest BCUT2D eigenvalue weighted by molar-refractivity contribution is 5.99. The molecule has 0 spiro atoms. The number of benzene rings is 4. The summed E-state index contributed by atoms with van der Waals surface area (Å²) < 4.78 is 27.2. The summed E-state index contributed by atoms with van der Waals surface area (Å²) in [5, 5.41) is 24.9. The molecule has 2 heterocycles. The maximum absolute atomic E-state index is 13.6. The summed E-state index contributed by atoms with van der Waals surface area (Å²) in [6.45, 7) is 8.09. The predicted molar refractivity (Wildman–Crippen MR) is 229 cm³/mol. The van der Waals surface area contributed by atoms with Gasteiger partial charge in [-0.05, 0) is 114 Å². The minimum Gasteiger partial charge on any atom is -0.328 e. The van der Waals surface area contributed by atoms with Gasteiger partial charge >= 0.3 is 0 Å². The highest BCUT2D eigenvalue weighted by Gasteiger charge is 2.28. The SMILES string of the molecule is CC(C)c1nc2c(c(-c3ccc(F)cc3)c1C=O)-c1ccc([N+](=O)[O-])cc1CCC2.CC(C)c1nc2c(c(-c3ccc(F)cc3)c1C=O)-c1ccccc1CCC2.O=[N+]([O-])O.